The summed E-state index contributed by atoms with van der Waals surface area (Å²) in [7, 11) is -2.10. The monoisotopic (exact) mass is 705 g/mol. The first-order valence-corrected chi connectivity index (χ1v) is 17.5. The second-order valence-electron chi connectivity index (χ2n) is 12.3. The van der Waals surface area contributed by atoms with E-state index >= 15 is 0 Å². The zero-order valence-corrected chi connectivity index (χ0v) is 28.9. The number of benzene rings is 3. The van der Waals surface area contributed by atoms with Gasteiger partial charge in [0.15, 0.2) is 5.82 Å². The van der Waals surface area contributed by atoms with Crippen LogP contribution in [-0.2, 0) is 28.3 Å². The molecule has 0 saturated heterocycles. The molecule has 3 aromatic carbocycles. The summed E-state index contributed by atoms with van der Waals surface area (Å²) in [6, 6.07) is 18.0. The van der Waals surface area contributed by atoms with Crippen molar-refractivity contribution in [3.63, 3.8) is 0 Å². The zero-order chi connectivity index (χ0) is 35.7. The van der Waals surface area contributed by atoms with Crippen molar-refractivity contribution < 1.29 is 27.1 Å². The molecule has 0 spiro atoms. The van der Waals surface area contributed by atoms with Gasteiger partial charge in [0, 0.05) is 24.2 Å². The number of pyridine rings is 1. The second kappa shape index (κ2) is 14.0. The van der Waals surface area contributed by atoms with Gasteiger partial charge in [-0.05, 0) is 74.6 Å². The number of sulfonamides is 1. The molecular formula is C36H34ClF2N5O4S. The van der Waals surface area contributed by atoms with Crippen LogP contribution in [0, 0.1) is 23.5 Å². The van der Waals surface area contributed by atoms with E-state index in [1.807, 2.05) is 30.3 Å². The average molecular weight is 706 g/mol. The third kappa shape index (κ3) is 8.61. The van der Waals surface area contributed by atoms with Crippen LogP contribution in [0.4, 0.5) is 14.6 Å². The van der Waals surface area contributed by atoms with Gasteiger partial charge in [-0.3, -0.25) is 14.2 Å². The van der Waals surface area contributed by atoms with E-state index in [4.69, 9.17) is 16.6 Å². The summed E-state index contributed by atoms with van der Waals surface area (Å²) in [5.74, 6) is 3.10. The molecule has 2 aromatic heterocycles. The first-order valence-electron chi connectivity index (χ1n) is 15.2. The molecule has 0 aliphatic heterocycles. The number of aryl methyl sites for hydroxylation is 1. The summed E-state index contributed by atoms with van der Waals surface area (Å²) in [5, 5.41) is 18.3. The maximum absolute atomic E-state index is 14.4. The molecule has 0 bridgehead atoms. The number of rotatable bonds is 9. The first-order chi connectivity index (χ1) is 23.0. The van der Waals surface area contributed by atoms with E-state index in [2.05, 4.69) is 27.0 Å². The van der Waals surface area contributed by atoms with Crippen molar-refractivity contribution in [2.75, 3.05) is 11.0 Å². The van der Waals surface area contributed by atoms with E-state index in [1.165, 1.54) is 30.7 Å². The van der Waals surface area contributed by atoms with E-state index in [1.54, 1.807) is 38.2 Å². The summed E-state index contributed by atoms with van der Waals surface area (Å²) in [5.41, 5.74) is 1.71. The van der Waals surface area contributed by atoms with Gasteiger partial charge in [-0.15, -0.1) is 0 Å². The topological polar surface area (TPSA) is 126 Å². The highest BCUT2D eigenvalue weighted by molar-refractivity contribution is 7.92. The molecule has 0 radical (unpaired) electrons. The summed E-state index contributed by atoms with van der Waals surface area (Å²) >= 11 is 6.60. The fraction of sp³-hybridized carbons (Fsp3) is 0.250. The standard InChI is InChI=1S/C36H34ClF2N5O4S/c1-21(23-9-7-6-8-10-23)35(45)41-30(19-22-17-24(38)20-25(39)18-22)32-27(12-11-26(40-32)15-16-36(2,3)46)28-13-14-29(37)31-33(28)44(4)42-34(31)43-49(5,47)48/h6-14,17-18,20-21,30,46H,19H2,1-5H3,(H,41,45)(H,42,43). The minimum absolute atomic E-state index is 0.0193. The van der Waals surface area contributed by atoms with Crippen molar-refractivity contribution >= 4 is 44.3 Å². The van der Waals surface area contributed by atoms with E-state index in [0.29, 0.717) is 27.7 Å². The number of amides is 1. The maximum atomic E-state index is 14.4. The maximum Gasteiger partial charge on any atom is 0.231 e. The van der Waals surface area contributed by atoms with Gasteiger partial charge < -0.3 is 10.4 Å². The molecule has 1 amide bonds. The van der Waals surface area contributed by atoms with Crippen LogP contribution in [0.25, 0.3) is 22.0 Å². The number of carbonyl (C=O) groups excluding carboxylic acids is 1. The molecule has 5 aromatic rings. The molecule has 2 unspecified atom stereocenters. The van der Waals surface area contributed by atoms with Crippen molar-refractivity contribution in [1.82, 2.24) is 20.1 Å². The van der Waals surface area contributed by atoms with Gasteiger partial charge in [0.1, 0.15) is 22.9 Å². The molecular weight excluding hydrogens is 672 g/mol. The van der Waals surface area contributed by atoms with Crippen LogP contribution < -0.4 is 10.0 Å². The molecule has 0 fully saturated rings. The number of anilines is 1. The molecule has 2 heterocycles. The lowest BCUT2D eigenvalue weighted by atomic mass is 9.92. The summed E-state index contributed by atoms with van der Waals surface area (Å²) < 4.78 is 57.1. The first kappa shape index (κ1) is 35.5. The molecule has 254 valence electrons. The number of fused-ring (bicyclic) bond motifs is 1. The largest absolute Gasteiger partial charge is 0.378 e. The quantitative estimate of drug-likeness (QED) is 0.155. The molecule has 49 heavy (non-hydrogen) atoms. The molecule has 0 aliphatic rings. The van der Waals surface area contributed by atoms with E-state index < -0.39 is 39.2 Å². The Hall–Kier alpha value is -4.83. The van der Waals surface area contributed by atoms with Gasteiger partial charge >= 0.3 is 0 Å². The van der Waals surface area contributed by atoms with Gasteiger partial charge in [-0.1, -0.05) is 53.9 Å². The Kier molecular flexibility index (Phi) is 10.1. The highest BCUT2D eigenvalue weighted by Gasteiger charge is 2.27. The highest BCUT2D eigenvalue weighted by Crippen LogP contribution is 2.40. The zero-order valence-electron chi connectivity index (χ0n) is 27.3. The molecule has 9 nitrogen and oxygen atoms in total. The predicted octanol–water partition coefficient (Wildman–Crippen LogP) is 6.26. The van der Waals surface area contributed by atoms with Gasteiger partial charge in [0.2, 0.25) is 15.9 Å². The van der Waals surface area contributed by atoms with Crippen molar-refractivity contribution in [2.24, 2.45) is 7.05 Å². The Bertz CT molecular complexity index is 2210. The third-order valence-corrected chi connectivity index (χ3v) is 8.51. The molecule has 13 heteroatoms. The van der Waals surface area contributed by atoms with Gasteiger partial charge in [0.25, 0.3) is 0 Å². The molecule has 3 N–H and O–H groups in total. The van der Waals surface area contributed by atoms with E-state index in [0.717, 1.165) is 17.9 Å². The van der Waals surface area contributed by atoms with Crippen LogP contribution in [0.2, 0.25) is 5.02 Å². The molecule has 0 saturated carbocycles. The fourth-order valence-corrected chi connectivity index (χ4v) is 6.20. The van der Waals surface area contributed by atoms with Gasteiger partial charge in [-0.25, -0.2) is 22.2 Å². The third-order valence-electron chi connectivity index (χ3n) is 7.63. The minimum Gasteiger partial charge on any atom is -0.378 e. The SMILES string of the molecule is CC(C(=O)NC(Cc1cc(F)cc(F)c1)c1nc(C#CC(C)(C)O)ccc1-c1ccc(Cl)c2c(NS(C)(=O)=O)nn(C)c12)c1ccccc1. The Morgan fingerprint density at radius 1 is 1.04 bits per heavy atom. The van der Waals surface area contributed by atoms with Crippen LogP contribution in [0.5, 0.6) is 0 Å². The normalized spacial score (nSPS) is 13.0. The lowest BCUT2D eigenvalue weighted by Crippen LogP contribution is -2.34. The second-order valence-corrected chi connectivity index (χ2v) is 14.4. The molecule has 0 aliphatic carbocycles. The Morgan fingerprint density at radius 2 is 1.69 bits per heavy atom. The number of aromatic nitrogens is 3. The summed E-state index contributed by atoms with van der Waals surface area (Å²) in [4.78, 5) is 18.7. The summed E-state index contributed by atoms with van der Waals surface area (Å²) in [6.45, 7) is 4.80. The summed E-state index contributed by atoms with van der Waals surface area (Å²) in [6.07, 6.45) is 0.937. The smallest absolute Gasteiger partial charge is 0.231 e. The molecule has 2 atom stereocenters. The van der Waals surface area contributed by atoms with Crippen LogP contribution in [0.1, 0.15) is 55.2 Å². The Labute approximate surface area is 288 Å². The van der Waals surface area contributed by atoms with Crippen LogP contribution in [-0.4, -0.2) is 46.1 Å². The lowest BCUT2D eigenvalue weighted by molar-refractivity contribution is -0.123. The van der Waals surface area contributed by atoms with Crippen LogP contribution in [0.3, 0.4) is 0 Å². The van der Waals surface area contributed by atoms with Crippen LogP contribution >= 0.6 is 11.6 Å². The average Bonchev–Trinajstić information content (AvgIpc) is 3.33. The molecule has 5 rings (SSSR count). The highest BCUT2D eigenvalue weighted by atomic mass is 35.5. The fourth-order valence-electron chi connectivity index (χ4n) is 5.47. The minimum atomic E-state index is -3.72. The van der Waals surface area contributed by atoms with Gasteiger partial charge in [-0.2, -0.15) is 5.10 Å². The Morgan fingerprint density at radius 3 is 2.33 bits per heavy atom. The van der Waals surface area contributed by atoms with Crippen LogP contribution in [0.15, 0.2) is 72.8 Å². The number of aliphatic hydroxyl groups is 1. The van der Waals surface area contributed by atoms with Crippen molar-refractivity contribution in [3.8, 4) is 23.0 Å². The predicted molar refractivity (Wildman–Crippen MR) is 186 cm³/mol. The van der Waals surface area contributed by atoms with E-state index in [9.17, 15) is 27.1 Å². The van der Waals surface area contributed by atoms with Crippen molar-refractivity contribution in [3.05, 3.63) is 112 Å². The number of nitrogens with one attached hydrogen (secondary N) is 2. The Balaban J connectivity index is 1.75. The van der Waals surface area contributed by atoms with Crippen molar-refractivity contribution in [1.29, 1.82) is 0 Å². The van der Waals surface area contributed by atoms with Gasteiger partial charge in [0.05, 0.1) is 39.8 Å². The van der Waals surface area contributed by atoms with Crippen molar-refractivity contribution in [2.45, 2.75) is 44.8 Å². The lowest BCUT2D eigenvalue weighted by Gasteiger charge is -2.24. The number of hydrogen-bond acceptors (Lipinski definition) is 6. The van der Waals surface area contributed by atoms with E-state index in [-0.39, 0.29) is 34.4 Å². The number of halogens is 3. The number of nitrogens with zero attached hydrogens (tertiary/aromatic N) is 3. The number of carbonyl (C=O) groups is 1. The number of hydrogen-bond donors (Lipinski definition) is 3.